The summed E-state index contributed by atoms with van der Waals surface area (Å²) in [5, 5.41) is 7.71. The van der Waals surface area contributed by atoms with Gasteiger partial charge in [-0.25, -0.2) is 0 Å². The van der Waals surface area contributed by atoms with Crippen LogP contribution in [-0.2, 0) is 17.9 Å². The Morgan fingerprint density at radius 3 is 2.62 bits per heavy atom. The highest BCUT2D eigenvalue weighted by Crippen LogP contribution is 2.30. The Kier molecular flexibility index (Phi) is 6.36. The molecule has 4 nitrogen and oxygen atoms in total. The Labute approximate surface area is 162 Å². The third-order valence-electron chi connectivity index (χ3n) is 3.97. The van der Waals surface area contributed by atoms with Gasteiger partial charge in [0.1, 0.15) is 0 Å². The van der Waals surface area contributed by atoms with Gasteiger partial charge >= 0.3 is 0 Å². The Bertz CT molecular complexity index is 867. The number of aromatic nitrogens is 2. The number of benzene rings is 2. The topological polar surface area (TPSA) is 46.9 Å². The molecule has 0 radical (unpaired) electrons. The number of carbonyl (C=O) groups is 1. The second-order valence-corrected chi connectivity index (χ2v) is 7.67. The zero-order valence-corrected chi connectivity index (χ0v) is 16.0. The molecule has 1 atom stereocenters. The van der Waals surface area contributed by atoms with Gasteiger partial charge in [0, 0.05) is 23.8 Å². The molecule has 1 aromatic heterocycles. The number of thioether (sulfide) groups is 1. The third kappa shape index (κ3) is 4.90. The van der Waals surface area contributed by atoms with Crippen LogP contribution in [0.15, 0.2) is 71.9 Å². The van der Waals surface area contributed by atoms with Crippen molar-refractivity contribution in [2.45, 2.75) is 30.2 Å². The first-order chi connectivity index (χ1) is 12.6. The molecule has 1 heterocycles. The van der Waals surface area contributed by atoms with Crippen molar-refractivity contribution in [3.8, 4) is 0 Å². The van der Waals surface area contributed by atoms with Gasteiger partial charge in [0.05, 0.1) is 16.8 Å². The molecule has 0 aliphatic rings. The van der Waals surface area contributed by atoms with Crippen LogP contribution in [0.1, 0.15) is 18.1 Å². The maximum absolute atomic E-state index is 12.5. The molecule has 0 spiro atoms. The average molecular weight is 386 g/mol. The summed E-state index contributed by atoms with van der Waals surface area (Å²) >= 11 is 7.64. The van der Waals surface area contributed by atoms with Crippen LogP contribution in [0, 0.1) is 0 Å². The second kappa shape index (κ2) is 8.92. The summed E-state index contributed by atoms with van der Waals surface area (Å²) in [5.74, 6) is -0.0104. The van der Waals surface area contributed by atoms with Crippen molar-refractivity contribution < 1.29 is 4.79 Å². The van der Waals surface area contributed by atoms with Crippen LogP contribution in [0.5, 0.6) is 0 Å². The predicted octanol–water partition coefficient (Wildman–Crippen LogP) is 4.38. The van der Waals surface area contributed by atoms with Crippen molar-refractivity contribution in [2.24, 2.45) is 0 Å². The Balaban J connectivity index is 1.60. The smallest absolute Gasteiger partial charge is 0.233 e. The lowest BCUT2D eigenvalue weighted by Gasteiger charge is -2.14. The van der Waals surface area contributed by atoms with Crippen molar-refractivity contribution >= 4 is 29.3 Å². The number of halogens is 1. The van der Waals surface area contributed by atoms with E-state index < -0.39 is 0 Å². The van der Waals surface area contributed by atoms with Gasteiger partial charge in [-0.3, -0.25) is 9.48 Å². The molecule has 0 saturated carbocycles. The SMILES string of the molecule is CC(Sc1ccccc1Cl)C(=O)NCc1ccccc1Cn1cccn1. The average Bonchev–Trinajstić information content (AvgIpc) is 3.15. The first kappa shape index (κ1) is 18.5. The summed E-state index contributed by atoms with van der Waals surface area (Å²) in [4.78, 5) is 13.4. The van der Waals surface area contributed by atoms with E-state index in [2.05, 4.69) is 16.5 Å². The van der Waals surface area contributed by atoms with E-state index in [0.29, 0.717) is 18.1 Å². The summed E-state index contributed by atoms with van der Waals surface area (Å²) in [6.45, 7) is 3.06. The largest absolute Gasteiger partial charge is 0.351 e. The standard InChI is InChI=1S/C20H20ClN3OS/c1-15(26-19-10-5-4-9-18(19)21)20(25)22-13-16-7-2-3-8-17(16)14-24-12-6-11-23-24/h2-12,15H,13-14H2,1H3,(H,22,25). The van der Waals surface area contributed by atoms with E-state index in [4.69, 9.17) is 11.6 Å². The first-order valence-electron chi connectivity index (χ1n) is 8.36. The van der Waals surface area contributed by atoms with Crippen molar-refractivity contribution in [3.05, 3.63) is 83.1 Å². The van der Waals surface area contributed by atoms with Crippen LogP contribution in [0.25, 0.3) is 0 Å². The highest BCUT2D eigenvalue weighted by molar-refractivity contribution is 8.00. The number of hydrogen-bond donors (Lipinski definition) is 1. The van der Waals surface area contributed by atoms with Gasteiger partial charge in [0.2, 0.25) is 5.91 Å². The molecule has 2 aromatic carbocycles. The van der Waals surface area contributed by atoms with Gasteiger partial charge in [-0.05, 0) is 36.2 Å². The molecule has 0 fully saturated rings. The minimum atomic E-state index is -0.229. The van der Waals surface area contributed by atoms with Gasteiger partial charge in [-0.2, -0.15) is 5.10 Å². The van der Waals surface area contributed by atoms with Crippen molar-refractivity contribution in [1.29, 1.82) is 0 Å². The molecule has 1 unspecified atom stereocenters. The second-order valence-electron chi connectivity index (χ2n) is 5.88. The fourth-order valence-electron chi connectivity index (χ4n) is 2.56. The fourth-order valence-corrected chi connectivity index (χ4v) is 3.74. The fraction of sp³-hybridized carbons (Fsp3) is 0.200. The van der Waals surface area contributed by atoms with Crippen LogP contribution in [-0.4, -0.2) is 20.9 Å². The summed E-state index contributed by atoms with van der Waals surface area (Å²) in [5.41, 5.74) is 2.23. The number of hydrogen-bond acceptors (Lipinski definition) is 3. The maximum atomic E-state index is 12.5. The zero-order valence-electron chi connectivity index (χ0n) is 14.4. The molecular weight excluding hydrogens is 366 g/mol. The molecule has 6 heteroatoms. The Hall–Kier alpha value is -2.24. The van der Waals surface area contributed by atoms with E-state index >= 15 is 0 Å². The summed E-state index contributed by atoms with van der Waals surface area (Å²) in [6.07, 6.45) is 3.69. The van der Waals surface area contributed by atoms with Crippen molar-refractivity contribution in [1.82, 2.24) is 15.1 Å². The Morgan fingerprint density at radius 2 is 1.88 bits per heavy atom. The van der Waals surface area contributed by atoms with E-state index in [9.17, 15) is 4.79 Å². The van der Waals surface area contributed by atoms with Gasteiger partial charge in [0.25, 0.3) is 0 Å². The lowest BCUT2D eigenvalue weighted by Crippen LogP contribution is -2.30. The highest BCUT2D eigenvalue weighted by atomic mass is 35.5. The normalized spacial score (nSPS) is 11.9. The van der Waals surface area contributed by atoms with Crippen molar-refractivity contribution in [2.75, 3.05) is 0 Å². The van der Waals surface area contributed by atoms with Crippen molar-refractivity contribution in [3.63, 3.8) is 0 Å². The number of nitrogens with zero attached hydrogens (tertiary/aromatic N) is 2. The number of rotatable bonds is 7. The van der Waals surface area contributed by atoms with E-state index in [-0.39, 0.29) is 11.2 Å². The number of carbonyl (C=O) groups excluding carboxylic acids is 1. The third-order valence-corrected chi connectivity index (χ3v) is 5.59. The maximum Gasteiger partial charge on any atom is 0.233 e. The zero-order chi connectivity index (χ0) is 18.4. The molecule has 3 aromatic rings. The van der Waals surface area contributed by atoms with E-state index in [1.54, 1.807) is 6.20 Å². The summed E-state index contributed by atoms with van der Waals surface area (Å²) in [7, 11) is 0. The summed E-state index contributed by atoms with van der Waals surface area (Å²) < 4.78 is 1.87. The highest BCUT2D eigenvalue weighted by Gasteiger charge is 2.16. The van der Waals surface area contributed by atoms with Crippen LogP contribution in [0.4, 0.5) is 0 Å². The van der Waals surface area contributed by atoms with Gasteiger partial charge in [-0.15, -0.1) is 11.8 Å². The minimum absolute atomic E-state index is 0.0104. The first-order valence-corrected chi connectivity index (χ1v) is 9.62. The molecule has 0 aliphatic carbocycles. The van der Waals surface area contributed by atoms with E-state index in [0.717, 1.165) is 16.0 Å². The monoisotopic (exact) mass is 385 g/mol. The van der Waals surface area contributed by atoms with Gasteiger partial charge in [-0.1, -0.05) is 48.0 Å². The predicted molar refractivity (Wildman–Crippen MR) is 106 cm³/mol. The molecule has 1 amide bonds. The summed E-state index contributed by atoms with van der Waals surface area (Å²) in [6, 6.07) is 17.5. The molecule has 26 heavy (non-hydrogen) atoms. The minimum Gasteiger partial charge on any atom is -0.351 e. The molecule has 0 saturated heterocycles. The Morgan fingerprint density at radius 1 is 1.15 bits per heavy atom. The quantitative estimate of drug-likeness (QED) is 0.614. The lowest BCUT2D eigenvalue weighted by molar-refractivity contribution is -0.120. The van der Waals surface area contributed by atoms with E-state index in [1.165, 1.54) is 11.8 Å². The van der Waals surface area contributed by atoms with Crippen LogP contribution in [0.2, 0.25) is 5.02 Å². The van der Waals surface area contributed by atoms with Gasteiger partial charge in [0.15, 0.2) is 0 Å². The molecule has 134 valence electrons. The van der Waals surface area contributed by atoms with Gasteiger partial charge < -0.3 is 5.32 Å². The molecule has 0 bridgehead atoms. The van der Waals surface area contributed by atoms with Crippen LogP contribution < -0.4 is 5.32 Å². The number of amides is 1. The molecule has 3 rings (SSSR count). The van der Waals surface area contributed by atoms with Crippen LogP contribution in [0.3, 0.4) is 0 Å². The molecule has 1 N–H and O–H groups in total. The number of nitrogens with one attached hydrogen (secondary N) is 1. The molecule has 0 aliphatic heterocycles. The van der Waals surface area contributed by atoms with E-state index in [1.807, 2.05) is 66.3 Å². The molecular formula is C20H20ClN3OS. The van der Waals surface area contributed by atoms with Crippen LogP contribution >= 0.6 is 23.4 Å². The lowest BCUT2D eigenvalue weighted by atomic mass is 10.1.